The zero-order valence-electron chi connectivity index (χ0n) is 21.5. The number of nitrogens with two attached hydrogens (primary N) is 1. The van der Waals surface area contributed by atoms with Crippen LogP contribution in [0.1, 0.15) is 25.2 Å². The first kappa shape index (κ1) is 24.2. The molecule has 3 N–H and O–H groups in total. The van der Waals surface area contributed by atoms with Gasteiger partial charge in [-0.05, 0) is 50.2 Å². The van der Waals surface area contributed by atoms with Crippen LogP contribution in [0.4, 0.5) is 5.82 Å². The Morgan fingerprint density at radius 1 is 1.10 bits per heavy atom. The summed E-state index contributed by atoms with van der Waals surface area (Å²) in [5, 5.41) is 16.6. The topological polar surface area (TPSA) is 139 Å². The summed E-state index contributed by atoms with van der Waals surface area (Å²) in [5.74, 6) is 1.15. The molecule has 5 heterocycles. The van der Waals surface area contributed by atoms with E-state index in [1.165, 1.54) is 11.0 Å². The molecular weight excluding hydrogens is 532 g/mol. The van der Waals surface area contributed by atoms with Gasteiger partial charge in [-0.1, -0.05) is 17.7 Å². The fourth-order valence-electron chi connectivity index (χ4n) is 5.35. The number of benzene rings is 2. The van der Waals surface area contributed by atoms with E-state index >= 15 is 0 Å². The van der Waals surface area contributed by atoms with E-state index < -0.39 is 5.60 Å². The number of nitrogens with zero attached hydrogens (tertiary/aromatic N) is 7. The largest absolute Gasteiger partial charge is 0.504 e. The van der Waals surface area contributed by atoms with Gasteiger partial charge in [-0.3, -0.25) is 9.47 Å². The number of halogens is 1. The van der Waals surface area contributed by atoms with Crippen molar-refractivity contribution in [1.29, 1.82) is 0 Å². The van der Waals surface area contributed by atoms with Crippen LogP contribution in [0.3, 0.4) is 0 Å². The minimum Gasteiger partial charge on any atom is -0.504 e. The summed E-state index contributed by atoms with van der Waals surface area (Å²) in [6.45, 7) is 4.01. The van der Waals surface area contributed by atoms with Gasteiger partial charge in [0.05, 0.1) is 21.3 Å². The summed E-state index contributed by atoms with van der Waals surface area (Å²) in [5.41, 5.74) is 8.63. The minimum absolute atomic E-state index is 0.0621. The van der Waals surface area contributed by atoms with Gasteiger partial charge in [0.25, 0.3) is 5.56 Å². The van der Waals surface area contributed by atoms with Crippen molar-refractivity contribution < 1.29 is 9.84 Å². The van der Waals surface area contributed by atoms with Crippen LogP contribution in [0.2, 0.25) is 5.02 Å². The van der Waals surface area contributed by atoms with Gasteiger partial charge in [-0.15, -0.1) is 0 Å². The van der Waals surface area contributed by atoms with Crippen molar-refractivity contribution in [3.05, 3.63) is 87.9 Å². The van der Waals surface area contributed by atoms with Crippen LogP contribution in [0, 0.1) is 0 Å². The fraction of sp³-hybridized carbons (Fsp3) is 0.179. The Morgan fingerprint density at radius 3 is 2.70 bits per heavy atom. The molecule has 200 valence electrons. The summed E-state index contributed by atoms with van der Waals surface area (Å²) < 4.78 is 10.8. The summed E-state index contributed by atoms with van der Waals surface area (Å²) in [7, 11) is 0. The lowest BCUT2D eigenvalue weighted by Crippen LogP contribution is -2.31. The highest BCUT2D eigenvalue weighted by Gasteiger charge is 2.35. The molecule has 1 aliphatic heterocycles. The van der Waals surface area contributed by atoms with Crippen LogP contribution in [-0.4, -0.2) is 44.8 Å². The number of rotatable bonds is 4. The molecule has 2 aromatic carbocycles. The predicted molar refractivity (Wildman–Crippen MR) is 151 cm³/mol. The molecule has 0 atom stereocenters. The van der Waals surface area contributed by atoms with Crippen LogP contribution in [0.25, 0.3) is 33.2 Å². The average molecular weight is 555 g/mol. The zero-order chi connectivity index (χ0) is 27.8. The second-order valence-corrected chi connectivity index (χ2v) is 10.7. The number of phenols is 1. The maximum Gasteiger partial charge on any atom is 0.282 e. The SMILES string of the molecule is CC1(C)Cc2c(-c3nn(Cc4nc5cccc(Cl)c5c(=O)n4-n4cccc4)c4ncnc(N)c34)ccc(O)c2O1. The van der Waals surface area contributed by atoms with Crippen molar-refractivity contribution in [1.82, 2.24) is 34.1 Å². The van der Waals surface area contributed by atoms with Crippen LogP contribution in [0.5, 0.6) is 11.5 Å². The van der Waals surface area contributed by atoms with Crippen molar-refractivity contribution in [2.24, 2.45) is 0 Å². The highest BCUT2D eigenvalue weighted by atomic mass is 35.5. The van der Waals surface area contributed by atoms with Crippen molar-refractivity contribution >= 4 is 39.4 Å². The smallest absolute Gasteiger partial charge is 0.282 e. The van der Waals surface area contributed by atoms with Crippen molar-refractivity contribution in [3.8, 4) is 22.8 Å². The van der Waals surface area contributed by atoms with Gasteiger partial charge in [0.15, 0.2) is 23.0 Å². The number of hydrogen-bond acceptors (Lipinski definition) is 8. The molecule has 0 aliphatic carbocycles. The lowest BCUT2D eigenvalue weighted by atomic mass is 9.95. The van der Waals surface area contributed by atoms with E-state index in [2.05, 4.69) is 9.97 Å². The summed E-state index contributed by atoms with van der Waals surface area (Å²) in [4.78, 5) is 27.3. The Morgan fingerprint density at radius 2 is 1.90 bits per heavy atom. The Balaban J connectivity index is 1.46. The first-order valence-corrected chi connectivity index (χ1v) is 12.9. The summed E-state index contributed by atoms with van der Waals surface area (Å²) in [6.07, 6.45) is 5.45. The maximum atomic E-state index is 13.7. The highest BCUT2D eigenvalue weighted by molar-refractivity contribution is 6.35. The first-order chi connectivity index (χ1) is 19.2. The van der Waals surface area contributed by atoms with Crippen LogP contribution < -0.4 is 16.0 Å². The quantitative estimate of drug-likeness (QED) is 0.333. The van der Waals surface area contributed by atoms with Crippen molar-refractivity contribution in [2.45, 2.75) is 32.4 Å². The zero-order valence-corrected chi connectivity index (χ0v) is 22.3. The van der Waals surface area contributed by atoms with Crippen LogP contribution >= 0.6 is 11.6 Å². The number of phenolic OH excluding ortho intramolecular Hbond substituents is 1. The van der Waals surface area contributed by atoms with Crippen LogP contribution in [-0.2, 0) is 13.0 Å². The van der Waals surface area contributed by atoms with Gasteiger partial charge in [0.1, 0.15) is 30.0 Å². The lowest BCUT2D eigenvalue weighted by molar-refractivity contribution is 0.134. The molecule has 11 nitrogen and oxygen atoms in total. The van der Waals surface area contributed by atoms with Gasteiger partial charge in [0, 0.05) is 29.9 Å². The van der Waals surface area contributed by atoms with E-state index in [-0.39, 0.29) is 23.7 Å². The van der Waals surface area contributed by atoms with E-state index in [1.807, 2.05) is 26.0 Å². The molecule has 40 heavy (non-hydrogen) atoms. The van der Waals surface area contributed by atoms with E-state index in [9.17, 15) is 9.90 Å². The molecule has 0 saturated heterocycles. The molecule has 0 amide bonds. The second-order valence-electron chi connectivity index (χ2n) is 10.3. The summed E-state index contributed by atoms with van der Waals surface area (Å²) in [6, 6.07) is 12.2. The molecule has 4 aromatic heterocycles. The summed E-state index contributed by atoms with van der Waals surface area (Å²) >= 11 is 6.41. The normalized spacial score (nSPS) is 14.1. The molecule has 0 bridgehead atoms. The van der Waals surface area contributed by atoms with Gasteiger partial charge < -0.3 is 15.6 Å². The first-order valence-electron chi connectivity index (χ1n) is 12.6. The Labute approximate surface area is 232 Å². The molecule has 6 aromatic rings. The van der Waals surface area contributed by atoms with Gasteiger partial charge >= 0.3 is 0 Å². The van der Waals surface area contributed by atoms with Crippen molar-refractivity contribution in [3.63, 3.8) is 0 Å². The standard InChI is InChI=1S/C28H23ClN8O3/c1-28(2)12-16-15(8-9-19(38)24(16)40-28)23-22-25(30)31-14-32-26(22)36(34-23)13-20-33-18-7-5-6-17(29)21(18)27(39)37(20)35-10-3-4-11-35/h3-11,14,38H,12-13H2,1-2H3,(H2,30,31,32). The van der Waals surface area contributed by atoms with E-state index in [0.717, 1.165) is 11.1 Å². The number of hydrogen-bond donors (Lipinski definition) is 2. The molecular formula is C28H23ClN8O3. The van der Waals surface area contributed by atoms with Crippen LogP contribution in [0.15, 0.2) is 66.0 Å². The third-order valence-corrected chi connectivity index (χ3v) is 7.35. The number of nitrogen functional groups attached to an aromatic ring is 1. The lowest BCUT2D eigenvalue weighted by Gasteiger charge is -2.16. The molecule has 0 spiro atoms. The third kappa shape index (κ3) is 3.62. The van der Waals surface area contributed by atoms with Gasteiger partial charge in [0.2, 0.25) is 0 Å². The maximum absolute atomic E-state index is 13.7. The van der Waals surface area contributed by atoms with Gasteiger partial charge in [-0.25, -0.2) is 19.6 Å². The number of ether oxygens (including phenoxy) is 1. The Kier molecular flexibility index (Phi) is 5.17. The second kappa shape index (κ2) is 8.55. The van der Waals surface area contributed by atoms with E-state index in [0.29, 0.717) is 50.6 Å². The van der Waals surface area contributed by atoms with E-state index in [1.54, 1.807) is 52.1 Å². The Bertz CT molecular complexity index is 2030. The van der Waals surface area contributed by atoms with Crippen molar-refractivity contribution in [2.75, 3.05) is 5.73 Å². The van der Waals surface area contributed by atoms with Gasteiger partial charge in [-0.2, -0.15) is 9.77 Å². The Hall–Kier alpha value is -4.90. The molecule has 0 unspecified atom stereocenters. The molecule has 0 saturated carbocycles. The minimum atomic E-state index is -0.501. The highest BCUT2D eigenvalue weighted by Crippen LogP contribution is 2.47. The molecule has 7 rings (SSSR count). The number of aromatic nitrogens is 7. The predicted octanol–water partition coefficient (Wildman–Crippen LogP) is 4.02. The van der Waals surface area contributed by atoms with E-state index in [4.69, 9.17) is 32.2 Å². The molecule has 12 heteroatoms. The average Bonchev–Trinajstić information content (AvgIpc) is 3.63. The number of fused-ring (bicyclic) bond motifs is 3. The molecule has 1 aliphatic rings. The third-order valence-electron chi connectivity index (χ3n) is 7.04. The number of anilines is 1. The monoisotopic (exact) mass is 554 g/mol. The molecule has 0 fully saturated rings. The fourth-order valence-corrected chi connectivity index (χ4v) is 5.60. The molecule has 0 radical (unpaired) electrons. The number of aromatic hydroxyl groups is 1.